The molecule has 1 atom stereocenters. The summed E-state index contributed by atoms with van der Waals surface area (Å²) < 4.78 is 2.15. The average Bonchev–Trinajstić information content (AvgIpc) is 3.08. The number of carbonyl (C=O) groups excluding carboxylic acids is 3. The summed E-state index contributed by atoms with van der Waals surface area (Å²) in [6.45, 7) is 8.04. The molecule has 31 heavy (non-hydrogen) atoms. The maximum Gasteiger partial charge on any atom is 0.335 e. The van der Waals surface area contributed by atoms with Gasteiger partial charge in [-0.1, -0.05) is 31.2 Å². The molecule has 2 heterocycles. The van der Waals surface area contributed by atoms with Crippen LogP contribution in [-0.4, -0.2) is 22.4 Å². The Hall–Kier alpha value is -3.67. The SMILES string of the molecule is CC[C@H](C)n1cc(/C=C2\C(=O)NC(=O)N(c3cc(C)cc(C)c3)C2=O)c2ccccc21. The van der Waals surface area contributed by atoms with Gasteiger partial charge in [0.1, 0.15) is 5.57 Å². The van der Waals surface area contributed by atoms with Crippen molar-refractivity contribution in [3.63, 3.8) is 0 Å². The molecule has 1 aliphatic rings. The number of carbonyl (C=O) groups is 3. The average molecular weight is 415 g/mol. The Bertz CT molecular complexity index is 1230. The Morgan fingerprint density at radius 3 is 2.39 bits per heavy atom. The summed E-state index contributed by atoms with van der Waals surface area (Å²) in [7, 11) is 0. The number of benzene rings is 2. The highest BCUT2D eigenvalue weighted by Crippen LogP contribution is 2.29. The van der Waals surface area contributed by atoms with E-state index in [1.54, 1.807) is 18.2 Å². The van der Waals surface area contributed by atoms with Gasteiger partial charge >= 0.3 is 6.03 Å². The highest BCUT2D eigenvalue weighted by atomic mass is 16.2. The van der Waals surface area contributed by atoms with Crippen LogP contribution in [0.4, 0.5) is 10.5 Å². The van der Waals surface area contributed by atoms with Gasteiger partial charge in [-0.05, 0) is 62.6 Å². The normalized spacial score (nSPS) is 16.8. The number of amides is 4. The van der Waals surface area contributed by atoms with E-state index in [1.165, 1.54) is 0 Å². The third kappa shape index (κ3) is 3.65. The van der Waals surface area contributed by atoms with E-state index in [1.807, 2.05) is 50.4 Å². The molecule has 0 spiro atoms. The van der Waals surface area contributed by atoms with Crippen LogP contribution in [-0.2, 0) is 9.59 Å². The van der Waals surface area contributed by atoms with Crippen molar-refractivity contribution in [1.82, 2.24) is 9.88 Å². The van der Waals surface area contributed by atoms with Crippen molar-refractivity contribution >= 4 is 40.5 Å². The van der Waals surface area contributed by atoms with E-state index in [0.717, 1.165) is 38.9 Å². The quantitative estimate of drug-likeness (QED) is 0.487. The molecule has 158 valence electrons. The van der Waals surface area contributed by atoms with Crippen LogP contribution in [0.5, 0.6) is 0 Å². The van der Waals surface area contributed by atoms with Crippen LogP contribution in [0, 0.1) is 13.8 Å². The molecule has 2 aromatic carbocycles. The summed E-state index contributed by atoms with van der Waals surface area (Å²) in [6, 6.07) is 12.9. The van der Waals surface area contributed by atoms with Crippen LogP contribution in [0.3, 0.4) is 0 Å². The van der Waals surface area contributed by atoms with Crippen molar-refractivity contribution in [2.45, 2.75) is 40.2 Å². The molecule has 0 saturated carbocycles. The van der Waals surface area contributed by atoms with Crippen LogP contribution >= 0.6 is 0 Å². The van der Waals surface area contributed by atoms with Crippen LogP contribution in [0.15, 0.2) is 54.2 Å². The number of nitrogens with zero attached hydrogens (tertiary/aromatic N) is 2. The van der Waals surface area contributed by atoms with Crippen LogP contribution in [0.2, 0.25) is 0 Å². The molecule has 0 bridgehead atoms. The monoisotopic (exact) mass is 415 g/mol. The van der Waals surface area contributed by atoms with Crippen molar-refractivity contribution in [2.75, 3.05) is 4.90 Å². The van der Waals surface area contributed by atoms with Crippen LogP contribution in [0.1, 0.15) is 43.0 Å². The van der Waals surface area contributed by atoms with Crippen molar-refractivity contribution in [3.05, 3.63) is 70.9 Å². The largest absolute Gasteiger partial charge is 0.344 e. The first-order valence-corrected chi connectivity index (χ1v) is 10.4. The van der Waals surface area contributed by atoms with Gasteiger partial charge in [0.25, 0.3) is 11.8 Å². The summed E-state index contributed by atoms with van der Waals surface area (Å²) in [6.07, 6.45) is 4.49. The van der Waals surface area contributed by atoms with E-state index in [9.17, 15) is 14.4 Å². The highest BCUT2D eigenvalue weighted by Gasteiger charge is 2.37. The molecule has 3 aromatic rings. The number of imide groups is 2. The smallest absolute Gasteiger partial charge is 0.335 e. The molecular formula is C25H25N3O3. The first kappa shape index (κ1) is 20.6. The number of fused-ring (bicyclic) bond motifs is 1. The lowest BCUT2D eigenvalue weighted by atomic mass is 10.0. The fourth-order valence-corrected chi connectivity index (χ4v) is 4.04. The number of para-hydroxylation sites is 1. The lowest BCUT2D eigenvalue weighted by Gasteiger charge is -2.27. The Kier molecular flexibility index (Phi) is 5.23. The lowest BCUT2D eigenvalue weighted by Crippen LogP contribution is -2.54. The van der Waals surface area contributed by atoms with Crippen LogP contribution < -0.4 is 10.2 Å². The fraction of sp³-hybridized carbons (Fsp3) is 0.240. The second-order valence-corrected chi connectivity index (χ2v) is 8.07. The third-order valence-electron chi connectivity index (χ3n) is 5.70. The minimum atomic E-state index is -0.737. The molecule has 6 heteroatoms. The second kappa shape index (κ2) is 7.87. The molecule has 0 radical (unpaired) electrons. The summed E-state index contributed by atoms with van der Waals surface area (Å²) >= 11 is 0. The minimum absolute atomic E-state index is 0.0641. The zero-order valence-electron chi connectivity index (χ0n) is 18.1. The number of anilines is 1. The number of rotatable bonds is 4. The van der Waals surface area contributed by atoms with E-state index >= 15 is 0 Å². The number of nitrogens with one attached hydrogen (secondary N) is 1. The molecule has 1 fully saturated rings. The number of aromatic nitrogens is 1. The maximum absolute atomic E-state index is 13.3. The van der Waals surface area contributed by atoms with Gasteiger partial charge in [0.2, 0.25) is 0 Å². The third-order valence-corrected chi connectivity index (χ3v) is 5.70. The standard InChI is InChI=1S/C25H25N3O3/c1-5-17(4)27-14-18(20-8-6-7-9-22(20)27)13-21-23(29)26-25(31)28(24(21)30)19-11-15(2)10-16(3)12-19/h6-14,17H,5H2,1-4H3,(H,26,29,31)/b21-13+/t17-/m0/s1. The van der Waals surface area contributed by atoms with Gasteiger partial charge in [-0.25, -0.2) is 9.69 Å². The van der Waals surface area contributed by atoms with Gasteiger partial charge in [0.15, 0.2) is 0 Å². The zero-order valence-corrected chi connectivity index (χ0v) is 18.1. The van der Waals surface area contributed by atoms with Crippen molar-refractivity contribution in [3.8, 4) is 0 Å². The number of hydrogen-bond acceptors (Lipinski definition) is 3. The number of urea groups is 1. The Balaban J connectivity index is 1.83. The van der Waals surface area contributed by atoms with Gasteiger partial charge < -0.3 is 4.57 Å². The molecule has 0 aliphatic carbocycles. The molecule has 1 N–H and O–H groups in total. The molecule has 1 saturated heterocycles. The van der Waals surface area contributed by atoms with Gasteiger partial charge in [0, 0.05) is 28.7 Å². The Labute approximate surface area is 181 Å². The first-order chi connectivity index (χ1) is 14.8. The fourth-order valence-electron chi connectivity index (χ4n) is 4.04. The predicted molar refractivity (Wildman–Crippen MR) is 122 cm³/mol. The Morgan fingerprint density at radius 2 is 1.71 bits per heavy atom. The van der Waals surface area contributed by atoms with Gasteiger partial charge in [-0.3, -0.25) is 14.9 Å². The van der Waals surface area contributed by atoms with E-state index in [2.05, 4.69) is 23.7 Å². The first-order valence-electron chi connectivity index (χ1n) is 10.4. The van der Waals surface area contributed by atoms with E-state index < -0.39 is 17.8 Å². The van der Waals surface area contributed by atoms with Crippen LogP contribution in [0.25, 0.3) is 17.0 Å². The molecule has 4 amide bonds. The molecule has 4 rings (SSSR count). The predicted octanol–water partition coefficient (Wildman–Crippen LogP) is 4.90. The summed E-state index contributed by atoms with van der Waals surface area (Å²) in [5, 5.41) is 3.26. The zero-order chi connectivity index (χ0) is 22.3. The number of barbiturate groups is 1. The van der Waals surface area contributed by atoms with Crippen molar-refractivity contribution < 1.29 is 14.4 Å². The maximum atomic E-state index is 13.3. The van der Waals surface area contributed by atoms with E-state index in [0.29, 0.717) is 5.69 Å². The number of aryl methyl sites for hydroxylation is 2. The Morgan fingerprint density at radius 1 is 1.03 bits per heavy atom. The molecule has 0 unspecified atom stereocenters. The van der Waals surface area contributed by atoms with Gasteiger partial charge in [-0.2, -0.15) is 0 Å². The molecule has 1 aromatic heterocycles. The number of hydrogen-bond donors (Lipinski definition) is 1. The minimum Gasteiger partial charge on any atom is -0.344 e. The summed E-state index contributed by atoms with van der Waals surface area (Å²) in [5.41, 5.74) is 4.04. The topological polar surface area (TPSA) is 71.4 Å². The summed E-state index contributed by atoms with van der Waals surface area (Å²) in [5.74, 6) is -1.31. The van der Waals surface area contributed by atoms with Crippen molar-refractivity contribution in [2.24, 2.45) is 0 Å². The van der Waals surface area contributed by atoms with E-state index in [4.69, 9.17) is 0 Å². The highest BCUT2D eigenvalue weighted by molar-refractivity contribution is 6.39. The van der Waals surface area contributed by atoms with Gasteiger partial charge in [-0.15, -0.1) is 0 Å². The molecule has 6 nitrogen and oxygen atoms in total. The second-order valence-electron chi connectivity index (χ2n) is 8.07. The van der Waals surface area contributed by atoms with Gasteiger partial charge in [0.05, 0.1) is 5.69 Å². The van der Waals surface area contributed by atoms with Crippen molar-refractivity contribution in [1.29, 1.82) is 0 Å². The molecular weight excluding hydrogens is 390 g/mol. The molecule has 1 aliphatic heterocycles. The lowest BCUT2D eigenvalue weighted by molar-refractivity contribution is -0.122. The summed E-state index contributed by atoms with van der Waals surface area (Å²) in [4.78, 5) is 39.4. The van der Waals surface area contributed by atoms with E-state index in [-0.39, 0.29) is 11.6 Å².